The number of hydrogen-bond acceptors (Lipinski definition) is 2. The average Bonchev–Trinajstić information content (AvgIpc) is 2.45. The molecule has 0 amide bonds. The van der Waals surface area contributed by atoms with E-state index in [0.717, 1.165) is 0 Å². The van der Waals surface area contributed by atoms with Gasteiger partial charge in [-0.1, -0.05) is 29.5 Å². The second-order valence-electron chi connectivity index (χ2n) is 2.37. The molecule has 0 atom stereocenters. The van der Waals surface area contributed by atoms with Crippen LogP contribution in [0.4, 0.5) is 13.2 Å². The molecular weight excluding hydrogens is 298 g/mol. The van der Waals surface area contributed by atoms with Gasteiger partial charge >= 0.3 is 12.1 Å². The summed E-state index contributed by atoms with van der Waals surface area (Å²) in [6.45, 7) is 1.73. The maximum Gasteiger partial charge on any atom is 0.468 e. The third-order valence-electron chi connectivity index (χ3n) is 1.47. The van der Waals surface area contributed by atoms with Crippen LogP contribution in [0.2, 0.25) is 0 Å². The Bertz CT molecular complexity index is 273. The van der Waals surface area contributed by atoms with Crippen LogP contribution in [0, 0.1) is 0 Å². The van der Waals surface area contributed by atoms with E-state index in [4.69, 9.17) is 0 Å². The molecule has 0 unspecified atom stereocenters. The standard InChI is InChI=1S/C7H7F3INO/c1-2-5-4(3-11)12-6(13-5)7(8,9)10/h2-3H2,1H3. The van der Waals surface area contributed by atoms with Gasteiger partial charge in [0.15, 0.2) is 0 Å². The molecule has 0 saturated heterocycles. The van der Waals surface area contributed by atoms with Crippen LogP contribution in [0.15, 0.2) is 4.42 Å². The van der Waals surface area contributed by atoms with E-state index in [9.17, 15) is 13.2 Å². The van der Waals surface area contributed by atoms with Gasteiger partial charge in [-0.25, -0.2) is 4.98 Å². The molecule has 1 heterocycles. The highest BCUT2D eigenvalue weighted by atomic mass is 127. The summed E-state index contributed by atoms with van der Waals surface area (Å²) in [4.78, 5) is 3.37. The number of halogens is 4. The Labute approximate surface area is 86.7 Å². The molecule has 0 saturated carbocycles. The second kappa shape index (κ2) is 3.85. The van der Waals surface area contributed by atoms with Gasteiger partial charge in [0, 0.05) is 10.8 Å². The van der Waals surface area contributed by atoms with E-state index in [1.807, 2.05) is 22.6 Å². The van der Waals surface area contributed by atoms with E-state index in [2.05, 4.69) is 9.40 Å². The summed E-state index contributed by atoms with van der Waals surface area (Å²) in [5.74, 6) is -0.822. The first-order valence-corrected chi connectivity index (χ1v) is 5.13. The van der Waals surface area contributed by atoms with Gasteiger partial charge in [-0.15, -0.1) is 0 Å². The fourth-order valence-electron chi connectivity index (χ4n) is 0.885. The normalized spacial score (nSPS) is 12.1. The molecule has 74 valence electrons. The summed E-state index contributed by atoms with van der Waals surface area (Å²) in [7, 11) is 0. The fraction of sp³-hybridized carbons (Fsp3) is 0.571. The first kappa shape index (κ1) is 10.8. The van der Waals surface area contributed by atoms with Crippen molar-refractivity contribution in [2.75, 3.05) is 0 Å². The lowest BCUT2D eigenvalue weighted by atomic mass is 10.3. The van der Waals surface area contributed by atoms with Crippen molar-refractivity contribution in [3.05, 3.63) is 17.3 Å². The molecular formula is C7H7F3INO. The van der Waals surface area contributed by atoms with Gasteiger partial charge in [-0.05, 0) is 0 Å². The summed E-state index contributed by atoms with van der Waals surface area (Å²) in [6.07, 6.45) is -4.05. The van der Waals surface area contributed by atoms with Crippen molar-refractivity contribution in [1.29, 1.82) is 0 Å². The zero-order valence-corrected chi connectivity index (χ0v) is 8.94. The van der Waals surface area contributed by atoms with Crippen LogP contribution in [-0.2, 0) is 17.0 Å². The molecule has 2 nitrogen and oxygen atoms in total. The number of alkyl halides is 4. The summed E-state index contributed by atoms with van der Waals surface area (Å²) in [5.41, 5.74) is 0.385. The Balaban J connectivity index is 3.07. The Morgan fingerprint density at radius 3 is 2.38 bits per heavy atom. The van der Waals surface area contributed by atoms with Crippen LogP contribution in [0.5, 0.6) is 0 Å². The van der Waals surface area contributed by atoms with Crippen molar-refractivity contribution < 1.29 is 17.6 Å². The minimum atomic E-state index is -4.48. The van der Waals surface area contributed by atoms with Gasteiger partial charge in [0.2, 0.25) is 0 Å². The van der Waals surface area contributed by atoms with E-state index in [-0.39, 0.29) is 0 Å². The smallest absolute Gasteiger partial charge is 0.438 e. The van der Waals surface area contributed by atoms with Crippen LogP contribution in [-0.4, -0.2) is 4.98 Å². The summed E-state index contributed by atoms with van der Waals surface area (Å²) in [5, 5.41) is 0. The average molecular weight is 305 g/mol. The first-order chi connectivity index (χ1) is 5.99. The molecule has 0 bridgehead atoms. The maximum atomic E-state index is 12.1. The van der Waals surface area contributed by atoms with Crippen LogP contribution < -0.4 is 0 Å². The van der Waals surface area contributed by atoms with Crippen molar-refractivity contribution in [1.82, 2.24) is 4.98 Å². The minimum absolute atomic E-state index is 0.321. The number of aryl methyl sites for hydroxylation is 1. The zero-order chi connectivity index (χ0) is 10.1. The highest BCUT2D eigenvalue weighted by Crippen LogP contribution is 2.30. The first-order valence-electron chi connectivity index (χ1n) is 3.60. The number of hydrogen-bond donors (Lipinski definition) is 0. The Morgan fingerprint density at radius 2 is 2.08 bits per heavy atom. The molecule has 1 aromatic rings. The number of rotatable bonds is 2. The second-order valence-corrected chi connectivity index (χ2v) is 3.14. The van der Waals surface area contributed by atoms with E-state index in [0.29, 0.717) is 22.3 Å². The molecule has 0 spiro atoms. The molecule has 0 aliphatic carbocycles. The Kier molecular flexibility index (Phi) is 3.20. The van der Waals surface area contributed by atoms with Gasteiger partial charge in [0.25, 0.3) is 0 Å². The van der Waals surface area contributed by atoms with Crippen LogP contribution in [0.25, 0.3) is 0 Å². The summed E-state index contributed by atoms with van der Waals surface area (Å²) >= 11 is 1.95. The Hall–Kier alpha value is -0.270. The Morgan fingerprint density at radius 1 is 1.46 bits per heavy atom. The predicted molar refractivity (Wildman–Crippen MR) is 48.6 cm³/mol. The molecule has 0 N–H and O–H groups in total. The SMILES string of the molecule is CCc1oc(C(F)(F)F)nc1CI. The predicted octanol–water partition coefficient (Wildman–Crippen LogP) is 3.19. The van der Waals surface area contributed by atoms with Crippen molar-refractivity contribution >= 4 is 22.6 Å². The number of oxazole rings is 1. The van der Waals surface area contributed by atoms with Crippen molar-refractivity contribution in [3.8, 4) is 0 Å². The van der Waals surface area contributed by atoms with Crippen molar-refractivity contribution in [2.45, 2.75) is 23.9 Å². The molecule has 6 heteroatoms. The zero-order valence-electron chi connectivity index (χ0n) is 6.78. The topological polar surface area (TPSA) is 26.0 Å². The van der Waals surface area contributed by atoms with E-state index >= 15 is 0 Å². The van der Waals surface area contributed by atoms with Gasteiger partial charge in [-0.2, -0.15) is 13.2 Å². The number of aromatic nitrogens is 1. The van der Waals surface area contributed by atoms with Crippen LogP contribution in [0.3, 0.4) is 0 Å². The van der Waals surface area contributed by atoms with E-state index in [1.165, 1.54) is 0 Å². The number of nitrogens with zero attached hydrogens (tertiary/aromatic N) is 1. The highest BCUT2D eigenvalue weighted by molar-refractivity contribution is 14.1. The van der Waals surface area contributed by atoms with Gasteiger partial charge in [0.05, 0.1) is 5.69 Å². The van der Waals surface area contributed by atoms with Gasteiger partial charge in [0.1, 0.15) is 5.76 Å². The monoisotopic (exact) mass is 305 g/mol. The highest BCUT2D eigenvalue weighted by Gasteiger charge is 2.38. The summed E-state index contributed by atoms with van der Waals surface area (Å²) < 4.78 is 41.3. The third-order valence-corrected chi connectivity index (χ3v) is 2.19. The molecule has 1 aromatic heterocycles. The third kappa shape index (κ3) is 2.35. The fourth-order valence-corrected chi connectivity index (χ4v) is 1.48. The lowest BCUT2D eigenvalue weighted by molar-refractivity contribution is -0.157. The molecule has 0 aliphatic heterocycles. The molecule has 0 fully saturated rings. The summed E-state index contributed by atoms with van der Waals surface area (Å²) in [6, 6.07) is 0. The molecule has 13 heavy (non-hydrogen) atoms. The quantitative estimate of drug-likeness (QED) is 0.619. The molecule has 1 rings (SSSR count). The van der Waals surface area contributed by atoms with E-state index < -0.39 is 12.1 Å². The largest absolute Gasteiger partial charge is 0.468 e. The van der Waals surface area contributed by atoms with Crippen molar-refractivity contribution in [2.24, 2.45) is 0 Å². The lowest BCUT2D eigenvalue weighted by Gasteiger charge is -1.97. The minimum Gasteiger partial charge on any atom is -0.438 e. The van der Waals surface area contributed by atoms with Crippen LogP contribution >= 0.6 is 22.6 Å². The molecule has 0 aromatic carbocycles. The van der Waals surface area contributed by atoms with E-state index in [1.54, 1.807) is 6.92 Å². The maximum absolute atomic E-state index is 12.1. The lowest BCUT2D eigenvalue weighted by Crippen LogP contribution is -2.04. The van der Waals surface area contributed by atoms with Gasteiger partial charge < -0.3 is 4.42 Å². The van der Waals surface area contributed by atoms with Crippen molar-refractivity contribution in [3.63, 3.8) is 0 Å². The van der Waals surface area contributed by atoms with Gasteiger partial charge in [-0.3, -0.25) is 0 Å². The molecule has 0 aliphatic rings. The molecule has 0 radical (unpaired) electrons. The van der Waals surface area contributed by atoms with Crippen LogP contribution in [0.1, 0.15) is 24.3 Å².